The first-order chi connectivity index (χ1) is 12.2. The van der Waals surface area contributed by atoms with Crippen molar-refractivity contribution in [3.8, 4) is 0 Å². The van der Waals surface area contributed by atoms with Crippen LogP contribution in [0, 0.1) is 0 Å². The van der Waals surface area contributed by atoms with Gasteiger partial charge in [-0.2, -0.15) is 0 Å². The van der Waals surface area contributed by atoms with Gasteiger partial charge in [0, 0.05) is 26.2 Å². The van der Waals surface area contributed by atoms with Gasteiger partial charge in [-0.25, -0.2) is 0 Å². The second-order valence-electron chi connectivity index (χ2n) is 7.09. The molecule has 1 aliphatic heterocycles. The molecule has 1 heterocycles. The fourth-order valence-corrected chi connectivity index (χ4v) is 3.74. The predicted molar refractivity (Wildman–Crippen MR) is 104 cm³/mol. The maximum atomic E-state index is 9.42. The van der Waals surface area contributed by atoms with Gasteiger partial charge in [0.2, 0.25) is 0 Å². The molecule has 0 spiro atoms. The van der Waals surface area contributed by atoms with E-state index in [9.17, 15) is 5.11 Å². The first-order valence-corrected chi connectivity index (χ1v) is 9.48. The summed E-state index contributed by atoms with van der Waals surface area (Å²) in [6.07, 6.45) is 1.80. The van der Waals surface area contributed by atoms with E-state index < -0.39 is 0 Å². The normalized spacial score (nSPS) is 17.7. The Hall–Kier alpha value is -1.68. The van der Waals surface area contributed by atoms with Crippen LogP contribution in [-0.2, 0) is 0 Å². The summed E-state index contributed by atoms with van der Waals surface area (Å²) in [5.74, 6) is 0. The highest BCUT2D eigenvalue weighted by molar-refractivity contribution is 5.31. The van der Waals surface area contributed by atoms with Gasteiger partial charge in [-0.15, -0.1) is 0 Å². The number of hydrogen-bond donors (Lipinski definition) is 1. The predicted octanol–water partition coefficient (Wildman–Crippen LogP) is 3.55. The third kappa shape index (κ3) is 5.15. The molecule has 0 radical (unpaired) electrons. The zero-order valence-electron chi connectivity index (χ0n) is 15.2. The Bertz CT molecular complexity index is 567. The fraction of sp³-hybridized carbons (Fsp3) is 0.455. The number of piperazine rings is 1. The Morgan fingerprint density at radius 3 is 1.84 bits per heavy atom. The van der Waals surface area contributed by atoms with Crippen LogP contribution in [0.3, 0.4) is 0 Å². The average molecular weight is 338 g/mol. The molecular formula is C22H30N2O. The number of hydrogen-bond acceptors (Lipinski definition) is 3. The van der Waals surface area contributed by atoms with Crippen molar-refractivity contribution in [2.45, 2.75) is 31.9 Å². The maximum absolute atomic E-state index is 9.42. The van der Waals surface area contributed by atoms with E-state index in [-0.39, 0.29) is 6.10 Å². The van der Waals surface area contributed by atoms with E-state index in [1.165, 1.54) is 11.1 Å². The highest BCUT2D eigenvalue weighted by Crippen LogP contribution is 2.29. The van der Waals surface area contributed by atoms with E-state index in [4.69, 9.17) is 0 Å². The summed E-state index contributed by atoms with van der Waals surface area (Å²) in [7, 11) is 0. The lowest BCUT2D eigenvalue weighted by atomic mass is 9.96. The molecule has 0 unspecified atom stereocenters. The second-order valence-corrected chi connectivity index (χ2v) is 7.09. The Morgan fingerprint density at radius 1 is 0.840 bits per heavy atom. The summed E-state index contributed by atoms with van der Waals surface area (Å²) in [4.78, 5) is 5.14. The number of rotatable bonds is 7. The molecule has 2 aromatic carbocycles. The molecule has 1 atom stereocenters. The lowest BCUT2D eigenvalue weighted by Crippen LogP contribution is -2.48. The molecular weight excluding hydrogens is 308 g/mol. The van der Waals surface area contributed by atoms with Crippen LogP contribution in [0.25, 0.3) is 0 Å². The maximum Gasteiger partial charge on any atom is 0.0602 e. The average Bonchev–Trinajstić information content (AvgIpc) is 2.65. The molecule has 2 aromatic rings. The van der Waals surface area contributed by atoms with Crippen LogP contribution >= 0.6 is 0 Å². The summed E-state index contributed by atoms with van der Waals surface area (Å²) in [6, 6.07) is 22.0. The Balaban J connectivity index is 1.65. The quantitative estimate of drug-likeness (QED) is 0.836. The smallest absolute Gasteiger partial charge is 0.0602 e. The largest absolute Gasteiger partial charge is 0.393 e. The number of aliphatic hydroxyl groups is 1. The van der Waals surface area contributed by atoms with Gasteiger partial charge in [0.05, 0.1) is 12.1 Å². The molecule has 3 rings (SSSR count). The van der Waals surface area contributed by atoms with Crippen LogP contribution in [-0.4, -0.2) is 53.7 Å². The van der Waals surface area contributed by atoms with Gasteiger partial charge >= 0.3 is 0 Å². The minimum atomic E-state index is -0.179. The standard InChI is InChI=1S/C22H30N2O/c1-19(25)9-8-14-23-15-17-24(18-16-23)22(20-10-4-2-5-11-20)21-12-6-3-7-13-21/h2-7,10-13,19,22,25H,8-9,14-18H2,1H3/t19-/m0/s1. The molecule has 0 aliphatic carbocycles. The molecule has 134 valence electrons. The molecule has 0 amide bonds. The monoisotopic (exact) mass is 338 g/mol. The topological polar surface area (TPSA) is 26.7 Å². The van der Waals surface area contributed by atoms with Crippen LogP contribution in [0.5, 0.6) is 0 Å². The zero-order chi connectivity index (χ0) is 17.5. The molecule has 3 heteroatoms. The van der Waals surface area contributed by atoms with E-state index in [2.05, 4.69) is 70.5 Å². The zero-order valence-corrected chi connectivity index (χ0v) is 15.2. The van der Waals surface area contributed by atoms with E-state index in [0.29, 0.717) is 6.04 Å². The number of nitrogens with zero attached hydrogens (tertiary/aromatic N) is 2. The van der Waals surface area contributed by atoms with Crippen LogP contribution < -0.4 is 0 Å². The molecule has 1 saturated heterocycles. The van der Waals surface area contributed by atoms with Crippen LogP contribution in [0.1, 0.15) is 36.9 Å². The Morgan fingerprint density at radius 2 is 1.36 bits per heavy atom. The van der Waals surface area contributed by atoms with Crippen molar-refractivity contribution in [1.82, 2.24) is 9.80 Å². The lowest BCUT2D eigenvalue weighted by Gasteiger charge is -2.40. The molecule has 0 saturated carbocycles. The van der Waals surface area contributed by atoms with Gasteiger partial charge in [-0.1, -0.05) is 60.7 Å². The minimum Gasteiger partial charge on any atom is -0.393 e. The van der Waals surface area contributed by atoms with Gasteiger partial charge in [0.1, 0.15) is 0 Å². The summed E-state index contributed by atoms with van der Waals surface area (Å²) in [5.41, 5.74) is 2.74. The number of aliphatic hydroxyl groups excluding tert-OH is 1. The van der Waals surface area contributed by atoms with Gasteiger partial charge in [0.15, 0.2) is 0 Å². The third-order valence-corrected chi connectivity index (χ3v) is 5.10. The first-order valence-electron chi connectivity index (χ1n) is 9.48. The van der Waals surface area contributed by atoms with Gasteiger partial charge < -0.3 is 10.0 Å². The van der Waals surface area contributed by atoms with Crippen molar-refractivity contribution < 1.29 is 5.11 Å². The van der Waals surface area contributed by atoms with Gasteiger partial charge in [-0.3, -0.25) is 4.90 Å². The van der Waals surface area contributed by atoms with Crippen LogP contribution in [0.15, 0.2) is 60.7 Å². The van der Waals surface area contributed by atoms with Crippen molar-refractivity contribution in [2.24, 2.45) is 0 Å². The molecule has 3 nitrogen and oxygen atoms in total. The lowest BCUT2D eigenvalue weighted by molar-refractivity contribution is 0.103. The molecule has 1 N–H and O–H groups in total. The Labute approximate surface area is 151 Å². The minimum absolute atomic E-state index is 0.179. The van der Waals surface area contributed by atoms with Crippen molar-refractivity contribution in [2.75, 3.05) is 32.7 Å². The molecule has 1 aliphatic rings. The van der Waals surface area contributed by atoms with Crippen molar-refractivity contribution in [3.05, 3.63) is 71.8 Å². The van der Waals surface area contributed by atoms with E-state index in [1.807, 2.05) is 6.92 Å². The van der Waals surface area contributed by atoms with Crippen molar-refractivity contribution in [1.29, 1.82) is 0 Å². The molecule has 25 heavy (non-hydrogen) atoms. The molecule has 0 aromatic heterocycles. The fourth-order valence-electron chi connectivity index (χ4n) is 3.74. The SMILES string of the molecule is C[C@H](O)CCCN1CCN(C(c2ccccc2)c2ccccc2)CC1. The highest BCUT2D eigenvalue weighted by atomic mass is 16.3. The molecule has 0 bridgehead atoms. The van der Waals surface area contributed by atoms with Crippen molar-refractivity contribution >= 4 is 0 Å². The van der Waals surface area contributed by atoms with Gasteiger partial charge in [0.25, 0.3) is 0 Å². The first kappa shape index (κ1) is 18.1. The van der Waals surface area contributed by atoms with Crippen LogP contribution in [0.2, 0.25) is 0 Å². The Kier molecular flexibility index (Phi) is 6.62. The summed E-state index contributed by atoms with van der Waals surface area (Å²) in [6.45, 7) is 7.36. The highest BCUT2D eigenvalue weighted by Gasteiger charge is 2.26. The van der Waals surface area contributed by atoms with E-state index >= 15 is 0 Å². The summed E-state index contributed by atoms with van der Waals surface area (Å²) < 4.78 is 0. The number of benzene rings is 2. The van der Waals surface area contributed by atoms with Crippen LogP contribution in [0.4, 0.5) is 0 Å². The third-order valence-electron chi connectivity index (χ3n) is 5.10. The van der Waals surface area contributed by atoms with Gasteiger partial charge in [-0.05, 0) is 37.4 Å². The summed E-state index contributed by atoms with van der Waals surface area (Å²) >= 11 is 0. The van der Waals surface area contributed by atoms with Crippen molar-refractivity contribution in [3.63, 3.8) is 0 Å². The second kappa shape index (κ2) is 9.14. The summed E-state index contributed by atoms with van der Waals surface area (Å²) in [5, 5.41) is 9.42. The molecule has 1 fully saturated rings. The van der Waals surface area contributed by atoms with E-state index in [1.54, 1.807) is 0 Å². The van der Waals surface area contributed by atoms with E-state index in [0.717, 1.165) is 45.6 Å².